The van der Waals surface area contributed by atoms with E-state index in [-0.39, 0.29) is 21.8 Å². The average Bonchev–Trinajstić information content (AvgIpc) is 2.75. The molecule has 2 aromatic rings. The van der Waals surface area contributed by atoms with Gasteiger partial charge in [-0.05, 0) is 6.07 Å². The molecule has 0 aromatic carbocycles. The molecule has 0 aliphatic rings. The number of hydrogen-bond donors (Lipinski definition) is 1. The van der Waals surface area contributed by atoms with E-state index in [4.69, 9.17) is 5.73 Å². The van der Waals surface area contributed by atoms with Gasteiger partial charge in [-0.25, -0.2) is 0 Å². The molecule has 1 amide bonds. The topological polar surface area (TPSA) is 86.7 Å². The number of nitrogens with two attached hydrogens (primary N) is 1. The van der Waals surface area contributed by atoms with Crippen LogP contribution >= 0.6 is 0 Å². The molecule has 0 radical (unpaired) electrons. The minimum absolute atomic E-state index is 0.118. The summed E-state index contributed by atoms with van der Waals surface area (Å²) in [6.07, 6.45) is 4.17. The van der Waals surface area contributed by atoms with E-state index in [2.05, 4.69) is 15.1 Å². The third kappa shape index (κ3) is 2.10. The summed E-state index contributed by atoms with van der Waals surface area (Å²) in [7, 11) is 0. The molecule has 0 fully saturated rings. The van der Waals surface area contributed by atoms with Crippen LogP contribution in [0, 0.1) is 0 Å². The van der Waals surface area contributed by atoms with E-state index in [1.807, 2.05) is 0 Å². The molecular formula is C9H7F2N5O. The van der Waals surface area contributed by atoms with Crippen LogP contribution in [0.15, 0.2) is 24.7 Å². The molecule has 2 rings (SSSR count). The highest BCUT2D eigenvalue weighted by molar-refractivity contribution is 5.92. The molecule has 0 saturated heterocycles. The maximum Gasteiger partial charge on any atom is 0.333 e. The van der Waals surface area contributed by atoms with Gasteiger partial charge >= 0.3 is 6.55 Å². The molecule has 6 nitrogen and oxygen atoms in total. The molecular weight excluding hydrogens is 232 g/mol. The van der Waals surface area contributed by atoms with E-state index < -0.39 is 12.5 Å². The van der Waals surface area contributed by atoms with E-state index >= 15 is 0 Å². The molecule has 0 saturated carbocycles. The number of hydrogen-bond acceptors (Lipinski definition) is 4. The fourth-order valence-corrected chi connectivity index (χ4v) is 1.28. The first-order valence-corrected chi connectivity index (χ1v) is 4.53. The van der Waals surface area contributed by atoms with Crippen molar-refractivity contribution in [2.75, 3.05) is 0 Å². The molecule has 2 heterocycles. The van der Waals surface area contributed by atoms with Gasteiger partial charge < -0.3 is 5.73 Å². The number of amides is 1. The normalized spacial score (nSPS) is 10.8. The second-order valence-corrected chi connectivity index (χ2v) is 3.09. The van der Waals surface area contributed by atoms with Crippen LogP contribution in [0.4, 0.5) is 8.78 Å². The average molecular weight is 239 g/mol. The van der Waals surface area contributed by atoms with Gasteiger partial charge in [0.25, 0.3) is 5.91 Å². The third-order valence-electron chi connectivity index (χ3n) is 2.00. The maximum absolute atomic E-state index is 12.6. The summed E-state index contributed by atoms with van der Waals surface area (Å²) in [5.41, 5.74) is 5.00. The lowest BCUT2D eigenvalue weighted by Crippen LogP contribution is -2.18. The van der Waals surface area contributed by atoms with Crippen molar-refractivity contribution >= 4 is 5.91 Å². The van der Waals surface area contributed by atoms with Crippen LogP contribution in [0.25, 0.3) is 11.4 Å². The number of nitrogens with zero attached hydrogens (tertiary/aromatic N) is 4. The summed E-state index contributed by atoms with van der Waals surface area (Å²) in [4.78, 5) is 18.6. The molecule has 88 valence electrons. The van der Waals surface area contributed by atoms with Crippen molar-refractivity contribution in [2.45, 2.75) is 6.55 Å². The van der Waals surface area contributed by atoms with Gasteiger partial charge in [0.1, 0.15) is 17.1 Å². The first kappa shape index (κ1) is 11.1. The van der Waals surface area contributed by atoms with E-state index in [0.717, 1.165) is 6.07 Å². The Hall–Kier alpha value is -2.38. The molecule has 17 heavy (non-hydrogen) atoms. The van der Waals surface area contributed by atoms with Crippen molar-refractivity contribution in [3.63, 3.8) is 0 Å². The number of alkyl halides is 2. The van der Waals surface area contributed by atoms with Gasteiger partial charge in [-0.2, -0.15) is 18.6 Å². The van der Waals surface area contributed by atoms with E-state index in [1.165, 1.54) is 18.6 Å². The Kier molecular flexibility index (Phi) is 2.77. The lowest BCUT2D eigenvalue weighted by atomic mass is 10.3. The Morgan fingerprint density at radius 1 is 1.35 bits per heavy atom. The quantitative estimate of drug-likeness (QED) is 0.859. The Morgan fingerprint density at radius 2 is 2.12 bits per heavy atom. The fourth-order valence-electron chi connectivity index (χ4n) is 1.28. The Labute approximate surface area is 94.1 Å². The van der Waals surface area contributed by atoms with Crippen LogP contribution in [-0.4, -0.2) is 25.7 Å². The molecule has 0 unspecified atom stereocenters. The third-order valence-corrected chi connectivity index (χ3v) is 2.00. The van der Waals surface area contributed by atoms with Crippen molar-refractivity contribution in [2.24, 2.45) is 5.73 Å². The lowest BCUT2D eigenvalue weighted by Gasteiger charge is -2.01. The summed E-state index contributed by atoms with van der Waals surface area (Å²) in [6, 6.07) is 1.15. The second kappa shape index (κ2) is 4.24. The number of rotatable bonds is 3. The SMILES string of the molecule is NC(=O)c1cc(-c2cnccn2)nn1C(F)F. The number of halogens is 2. The molecule has 2 N–H and O–H groups in total. The van der Waals surface area contributed by atoms with Gasteiger partial charge in [-0.1, -0.05) is 0 Å². The molecule has 0 aliphatic heterocycles. The molecule has 2 aromatic heterocycles. The lowest BCUT2D eigenvalue weighted by molar-refractivity contribution is 0.0519. The summed E-state index contributed by atoms with van der Waals surface area (Å²) in [5.74, 6) is -0.979. The van der Waals surface area contributed by atoms with Gasteiger partial charge in [0, 0.05) is 12.4 Å². The highest BCUT2D eigenvalue weighted by Gasteiger charge is 2.19. The summed E-state index contributed by atoms with van der Waals surface area (Å²) < 4.78 is 25.4. The highest BCUT2D eigenvalue weighted by atomic mass is 19.3. The van der Waals surface area contributed by atoms with Crippen molar-refractivity contribution < 1.29 is 13.6 Å². The molecule has 8 heteroatoms. The summed E-state index contributed by atoms with van der Waals surface area (Å²) in [6.45, 7) is -2.94. The molecule has 0 aliphatic carbocycles. The first-order valence-electron chi connectivity index (χ1n) is 4.53. The largest absolute Gasteiger partial charge is 0.364 e. The maximum atomic E-state index is 12.6. The Morgan fingerprint density at radius 3 is 2.59 bits per heavy atom. The number of primary amides is 1. The fraction of sp³-hybridized carbons (Fsp3) is 0.111. The number of carbonyl (C=O) groups excluding carboxylic acids is 1. The number of aromatic nitrogens is 4. The summed E-state index contributed by atoms with van der Waals surface area (Å²) >= 11 is 0. The zero-order valence-corrected chi connectivity index (χ0v) is 8.42. The van der Waals surface area contributed by atoms with E-state index in [9.17, 15) is 13.6 Å². The summed E-state index contributed by atoms with van der Waals surface area (Å²) in [5, 5.41) is 3.56. The van der Waals surface area contributed by atoms with Gasteiger partial charge in [-0.15, -0.1) is 0 Å². The highest BCUT2D eigenvalue weighted by Crippen LogP contribution is 2.20. The van der Waals surface area contributed by atoms with Gasteiger partial charge in [0.15, 0.2) is 0 Å². The van der Waals surface area contributed by atoms with Crippen LogP contribution in [-0.2, 0) is 0 Å². The van der Waals surface area contributed by atoms with Crippen LogP contribution in [0.3, 0.4) is 0 Å². The van der Waals surface area contributed by atoms with E-state index in [1.54, 1.807) is 0 Å². The van der Waals surface area contributed by atoms with Gasteiger partial charge in [-0.3, -0.25) is 14.8 Å². The minimum Gasteiger partial charge on any atom is -0.364 e. The van der Waals surface area contributed by atoms with Crippen LogP contribution in [0.2, 0.25) is 0 Å². The van der Waals surface area contributed by atoms with Crippen LogP contribution < -0.4 is 5.73 Å². The predicted octanol–water partition coefficient (Wildman–Crippen LogP) is 0.834. The van der Waals surface area contributed by atoms with Crippen LogP contribution in [0.1, 0.15) is 17.0 Å². The zero-order valence-electron chi connectivity index (χ0n) is 8.42. The van der Waals surface area contributed by atoms with Crippen molar-refractivity contribution in [1.29, 1.82) is 0 Å². The Balaban J connectivity index is 2.51. The Bertz CT molecular complexity index is 540. The van der Waals surface area contributed by atoms with Gasteiger partial charge in [0.2, 0.25) is 0 Å². The zero-order chi connectivity index (χ0) is 12.4. The predicted molar refractivity (Wildman–Crippen MR) is 53.0 cm³/mol. The number of carbonyl (C=O) groups is 1. The van der Waals surface area contributed by atoms with Crippen LogP contribution in [0.5, 0.6) is 0 Å². The van der Waals surface area contributed by atoms with Crippen molar-refractivity contribution in [3.8, 4) is 11.4 Å². The van der Waals surface area contributed by atoms with Gasteiger partial charge in [0.05, 0.1) is 6.20 Å². The smallest absolute Gasteiger partial charge is 0.333 e. The van der Waals surface area contributed by atoms with E-state index in [0.29, 0.717) is 0 Å². The standard InChI is InChI=1S/C9H7F2N5O/c10-9(11)16-7(8(12)17)3-5(15-16)6-4-13-1-2-14-6/h1-4,9H,(H2,12,17). The molecule has 0 atom stereocenters. The second-order valence-electron chi connectivity index (χ2n) is 3.09. The minimum atomic E-state index is -2.94. The van der Waals surface area contributed by atoms with Crippen molar-refractivity contribution in [1.82, 2.24) is 19.7 Å². The molecule has 0 bridgehead atoms. The van der Waals surface area contributed by atoms with Crippen molar-refractivity contribution in [3.05, 3.63) is 30.4 Å². The first-order chi connectivity index (χ1) is 8.09. The molecule has 0 spiro atoms. The monoisotopic (exact) mass is 239 g/mol.